The molecule has 1 aliphatic heterocycles. The second-order valence-electron chi connectivity index (χ2n) is 6.74. The predicted molar refractivity (Wildman–Crippen MR) is 72.7 cm³/mol. The van der Waals surface area contributed by atoms with Crippen LogP contribution >= 0.6 is 0 Å². The molecule has 1 aliphatic rings. The van der Waals surface area contributed by atoms with Crippen LogP contribution < -0.4 is 0 Å². The van der Waals surface area contributed by atoms with E-state index in [1.165, 1.54) is 0 Å². The van der Waals surface area contributed by atoms with E-state index in [4.69, 9.17) is 0 Å². The normalized spacial score (nSPS) is 28.3. The zero-order valence-corrected chi connectivity index (χ0v) is 14.9. The minimum absolute atomic E-state index is 1.24. The molecule has 0 unspecified atom stereocenters. The Balaban J connectivity index is 2.42. The first-order chi connectivity index (χ1) is 6.41. The number of rotatable bonds is 0. The standard InChI is InChI=1S/C12H28Ge2/c1-13(2)9-5-7-11-14(3,4)12-8-6-10-13/h5-12H2,1-4H3. The van der Waals surface area contributed by atoms with Crippen molar-refractivity contribution in [3.05, 3.63) is 0 Å². The van der Waals surface area contributed by atoms with Gasteiger partial charge in [0.1, 0.15) is 0 Å². The van der Waals surface area contributed by atoms with Gasteiger partial charge < -0.3 is 0 Å². The van der Waals surface area contributed by atoms with Crippen LogP contribution in [0.4, 0.5) is 0 Å². The molecule has 0 bridgehead atoms. The second-order valence-corrected chi connectivity index (χ2v) is 29.1. The van der Waals surface area contributed by atoms with Gasteiger partial charge in [-0.25, -0.2) is 0 Å². The minimum atomic E-state index is -1.24. The van der Waals surface area contributed by atoms with Crippen molar-refractivity contribution in [2.45, 2.75) is 69.7 Å². The van der Waals surface area contributed by atoms with Crippen molar-refractivity contribution in [2.75, 3.05) is 0 Å². The summed E-state index contributed by atoms with van der Waals surface area (Å²) in [6, 6.07) is 0. The molecule has 14 heavy (non-hydrogen) atoms. The van der Waals surface area contributed by atoms with Crippen LogP contribution in [0.3, 0.4) is 0 Å². The average Bonchev–Trinajstić information content (AvgIpc) is 2.07. The molecule has 2 heteroatoms. The van der Waals surface area contributed by atoms with Crippen molar-refractivity contribution < 1.29 is 0 Å². The van der Waals surface area contributed by atoms with Gasteiger partial charge in [0.05, 0.1) is 0 Å². The van der Waals surface area contributed by atoms with Crippen molar-refractivity contribution in [3.8, 4) is 0 Å². The SMILES string of the molecule is [CH3][Ge]1([CH3])[CH2]CC[CH2][Ge]([CH3])([CH3])[CH2]CC[CH2]1. The van der Waals surface area contributed by atoms with E-state index < -0.39 is 26.5 Å². The summed E-state index contributed by atoms with van der Waals surface area (Å²) in [5, 5.41) is 6.60. The Morgan fingerprint density at radius 2 is 0.714 bits per heavy atom. The van der Waals surface area contributed by atoms with E-state index in [2.05, 4.69) is 23.0 Å². The van der Waals surface area contributed by atoms with E-state index in [1.54, 1.807) is 46.7 Å². The summed E-state index contributed by atoms with van der Waals surface area (Å²) in [6.07, 6.45) is 6.28. The van der Waals surface area contributed by atoms with Crippen LogP contribution in [-0.2, 0) is 0 Å². The van der Waals surface area contributed by atoms with Gasteiger partial charge in [0.15, 0.2) is 0 Å². The summed E-state index contributed by atoms with van der Waals surface area (Å²) in [5.41, 5.74) is 0. The van der Waals surface area contributed by atoms with E-state index in [9.17, 15) is 0 Å². The number of hydrogen-bond donors (Lipinski definition) is 0. The fraction of sp³-hybridized carbons (Fsp3) is 1.00. The quantitative estimate of drug-likeness (QED) is 0.553. The summed E-state index contributed by atoms with van der Waals surface area (Å²) in [5.74, 6) is 10.6. The average molecular weight is 318 g/mol. The monoisotopic (exact) mass is 320 g/mol. The fourth-order valence-corrected chi connectivity index (χ4v) is 13.8. The summed E-state index contributed by atoms with van der Waals surface area (Å²) in [7, 11) is 0. The first-order valence-corrected chi connectivity index (χ1v) is 20.7. The molecule has 1 fully saturated rings. The molecule has 0 N–H and O–H groups in total. The maximum atomic E-state index is 2.65. The molecule has 0 nitrogen and oxygen atoms in total. The summed E-state index contributed by atoms with van der Waals surface area (Å²) >= 11 is -2.48. The van der Waals surface area contributed by atoms with Gasteiger partial charge in [0, 0.05) is 0 Å². The Kier molecular flexibility index (Phi) is 5.10. The van der Waals surface area contributed by atoms with Crippen molar-refractivity contribution in [2.24, 2.45) is 0 Å². The molecule has 0 aliphatic carbocycles. The van der Waals surface area contributed by atoms with Gasteiger partial charge in [-0.3, -0.25) is 0 Å². The first-order valence-electron chi connectivity index (χ1n) is 6.41. The Labute approximate surface area is 96.0 Å². The third kappa shape index (κ3) is 5.25. The third-order valence-corrected chi connectivity index (χ3v) is 18.2. The van der Waals surface area contributed by atoms with Crippen molar-refractivity contribution in [1.82, 2.24) is 0 Å². The van der Waals surface area contributed by atoms with Gasteiger partial charge in [-0.2, -0.15) is 0 Å². The maximum absolute atomic E-state index is 2.65. The fourth-order valence-electron chi connectivity index (χ4n) is 2.66. The van der Waals surface area contributed by atoms with Crippen LogP contribution in [0.5, 0.6) is 0 Å². The summed E-state index contributed by atoms with van der Waals surface area (Å²) in [6.45, 7) is 0. The van der Waals surface area contributed by atoms with Crippen molar-refractivity contribution in [1.29, 1.82) is 0 Å². The molecule has 0 radical (unpaired) electrons. The van der Waals surface area contributed by atoms with Gasteiger partial charge in [-0.1, -0.05) is 0 Å². The zero-order chi connectivity index (χ0) is 10.7. The molecule has 0 aromatic rings. The van der Waals surface area contributed by atoms with Crippen LogP contribution in [0.25, 0.3) is 0 Å². The molecule has 1 saturated heterocycles. The van der Waals surface area contributed by atoms with Crippen LogP contribution in [-0.4, -0.2) is 26.5 Å². The third-order valence-electron chi connectivity index (χ3n) is 3.91. The van der Waals surface area contributed by atoms with Crippen LogP contribution in [0.2, 0.25) is 44.0 Å². The van der Waals surface area contributed by atoms with Gasteiger partial charge in [-0.15, -0.1) is 0 Å². The summed E-state index contributed by atoms with van der Waals surface area (Å²) in [4.78, 5) is 0. The predicted octanol–water partition coefficient (Wildman–Crippen LogP) is 4.98. The van der Waals surface area contributed by atoms with E-state index in [1.807, 2.05) is 0 Å². The molecular formula is C12H28Ge2. The van der Waals surface area contributed by atoms with E-state index in [0.717, 1.165) is 0 Å². The molecule has 84 valence electrons. The molecule has 0 amide bonds. The Bertz CT molecular complexity index is 137. The summed E-state index contributed by atoms with van der Waals surface area (Å²) < 4.78 is 0. The van der Waals surface area contributed by atoms with Gasteiger partial charge in [-0.05, 0) is 0 Å². The van der Waals surface area contributed by atoms with Gasteiger partial charge in [0.25, 0.3) is 0 Å². The molecule has 1 rings (SSSR count). The van der Waals surface area contributed by atoms with Crippen LogP contribution in [0.1, 0.15) is 25.7 Å². The first kappa shape index (κ1) is 13.2. The van der Waals surface area contributed by atoms with Crippen molar-refractivity contribution >= 4 is 26.5 Å². The van der Waals surface area contributed by atoms with Gasteiger partial charge >= 0.3 is 96.3 Å². The molecule has 0 aromatic heterocycles. The number of hydrogen-bond acceptors (Lipinski definition) is 0. The molecular weight excluding hydrogens is 289 g/mol. The van der Waals surface area contributed by atoms with Crippen LogP contribution in [0.15, 0.2) is 0 Å². The molecule has 0 saturated carbocycles. The van der Waals surface area contributed by atoms with Crippen LogP contribution in [0, 0.1) is 0 Å². The molecule has 0 spiro atoms. The Morgan fingerprint density at radius 1 is 0.500 bits per heavy atom. The van der Waals surface area contributed by atoms with E-state index in [-0.39, 0.29) is 0 Å². The molecule has 0 aromatic carbocycles. The van der Waals surface area contributed by atoms with E-state index in [0.29, 0.717) is 0 Å². The second kappa shape index (κ2) is 5.42. The Hall–Kier alpha value is 1.09. The molecule has 1 heterocycles. The Morgan fingerprint density at radius 3 is 0.929 bits per heavy atom. The van der Waals surface area contributed by atoms with Crippen molar-refractivity contribution in [3.63, 3.8) is 0 Å². The van der Waals surface area contributed by atoms with E-state index >= 15 is 0 Å². The zero-order valence-electron chi connectivity index (χ0n) is 10.7. The molecule has 0 atom stereocenters. The van der Waals surface area contributed by atoms with Gasteiger partial charge in [0.2, 0.25) is 0 Å². The topological polar surface area (TPSA) is 0 Å².